The molecule has 0 N–H and O–H groups in total. The lowest BCUT2D eigenvalue weighted by atomic mass is 10.2. The van der Waals surface area contributed by atoms with Crippen LogP contribution in [0.25, 0.3) is 0 Å². The van der Waals surface area contributed by atoms with Crippen molar-refractivity contribution in [2.75, 3.05) is 13.2 Å². The van der Waals surface area contributed by atoms with Crippen molar-refractivity contribution in [1.29, 1.82) is 0 Å². The van der Waals surface area contributed by atoms with Gasteiger partial charge in [-0.3, -0.25) is 4.57 Å². The van der Waals surface area contributed by atoms with Crippen LogP contribution in [0, 0.1) is 6.92 Å². The summed E-state index contributed by atoms with van der Waals surface area (Å²) in [4.78, 5) is 0. The summed E-state index contributed by atoms with van der Waals surface area (Å²) in [7, 11) is -3.08. The second-order valence-electron chi connectivity index (χ2n) is 3.54. The van der Waals surface area contributed by atoms with E-state index in [0.29, 0.717) is 13.2 Å². The monoisotopic (exact) mass is 246 g/mol. The van der Waals surface area contributed by atoms with Crippen molar-refractivity contribution >= 4 is 7.60 Å². The Morgan fingerprint density at radius 2 is 1.94 bits per heavy atom. The molecule has 0 spiro atoms. The molecule has 0 aromatic carbocycles. The summed E-state index contributed by atoms with van der Waals surface area (Å²) in [5.74, 6) is 0.793. The van der Waals surface area contributed by atoms with Crippen molar-refractivity contribution in [2.45, 2.75) is 33.4 Å². The van der Waals surface area contributed by atoms with Crippen LogP contribution in [0.5, 0.6) is 0 Å². The molecule has 0 fully saturated rings. The Kier molecular flexibility index (Phi) is 4.78. The zero-order chi connectivity index (χ0) is 12.2. The SMILES string of the molecule is CCOP(=O)(OCC)C(C)c1coc(C)c1. The first-order chi connectivity index (χ1) is 7.53. The molecule has 0 saturated heterocycles. The van der Waals surface area contributed by atoms with Crippen molar-refractivity contribution in [1.82, 2.24) is 0 Å². The Hall–Kier alpha value is -0.570. The van der Waals surface area contributed by atoms with E-state index in [1.165, 1.54) is 0 Å². The van der Waals surface area contributed by atoms with Gasteiger partial charge in [0, 0.05) is 5.56 Å². The normalized spacial score (nSPS) is 14.0. The van der Waals surface area contributed by atoms with E-state index in [4.69, 9.17) is 13.5 Å². The molecule has 92 valence electrons. The number of rotatable bonds is 6. The van der Waals surface area contributed by atoms with Crippen molar-refractivity contribution in [3.63, 3.8) is 0 Å². The maximum absolute atomic E-state index is 12.4. The summed E-state index contributed by atoms with van der Waals surface area (Å²) in [5, 5.41) is 0. The first-order valence-corrected chi connectivity index (χ1v) is 7.08. The van der Waals surface area contributed by atoms with Crippen molar-refractivity contribution in [2.24, 2.45) is 0 Å². The molecule has 0 bridgehead atoms. The molecule has 0 aliphatic carbocycles. The fraction of sp³-hybridized carbons (Fsp3) is 0.636. The van der Waals surface area contributed by atoms with Gasteiger partial charge in [0.2, 0.25) is 0 Å². The highest BCUT2D eigenvalue weighted by Crippen LogP contribution is 2.60. The average Bonchev–Trinajstić information content (AvgIpc) is 2.64. The van der Waals surface area contributed by atoms with Crippen LogP contribution in [0.15, 0.2) is 16.7 Å². The van der Waals surface area contributed by atoms with Gasteiger partial charge in [0.15, 0.2) is 0 Å². The minimum atomic E-state index is -3.08. The van der Waals surface area contributed by atoms with E-state index in [-0.39, 0.29) is 5.66 Å². The van der Waals surface area contributed by atoms with Crippen LogP contribution >= 0.6 is 7.60 Å². The van der Waals surface area contributed by atoms with Crippen LogP contribution in [0.4, 0.5) is 0 Å². The average molecular weight is 246 g/mol. The number of hydrogen-bond donors (Lipinski definition) is 0. The number of furan rings is 1. The van der Waals surface area contributed by atoms with Gasteiger partial charge in [0.25, 0.3) is 0 Å². The van der Waals surface area contributed by atoms with Crippen LogP contribution in [0.2, 0.25) is 0 Å². The molecule has 1 rings (SSSR count). The van der Waals surface area contributed by atoms with E-state index in [2.05, 4.69) is 0 Å². The molecule has 16 heavy (non-hydrogen) atoms. The molecule has 1 atom stereocenters. The highest BCUT2D eigenvalue weighted by Gasteiger charge is 2.33. The molecule has 1 heterocycles. The summed E-state index contributed by atoms with van der Waals surface area (Å²) < 4.78 is 28.2. The lowest BCUT2D eigenvalue weighted by Crippen LogP contribution is -2.03. The van der Waals surface area contributed by atoms with E-state index in [1.807, 2.05) is 19.9 Å². The van der Waals surface area contributed by atoms with Crippen molar-refractivity contribution in [3.05, 3.63) is 23.7 Å². The highest BCUT2D eigenvalue weighted by atomic mass is 31.2. The number of hydrogen-bond acceptors (Lipinski definition) is 4. The lowest BCUT2D eigenvalue weighted by Gasteiger charge is -2.22. The molecule has 1 aromatic heterocycles. The van der Waals surface area contributed by atoms with E-state index < -0.39 is 7.60 Å². The Bertz CT molecular complexity index is 362. The van der Waals surface area contributed by atoms with Gasteiger partial charge >= 0.3 is 7.60 Å². The Labute approximate surface area is 96.5 Å². The van der Waals surface area contributed by atoms with Gasteiger partial charge in [-0.05, 0) is 33.8 Å². The molecule has 4 nitrogen and oxygen atoms in total. The molecule has 0 amide bonds. The van der Waals surface area contributed by atoms with Gasteiger partial charge in [-0.25, -0.2) is 0 Å². The maximum atomic E-state index is 12.4. The third-order valence-corrected chi connectivity index (χ3v) is 4.81. The zero-order valence-corrected chi connectivity index (χ0v) is 11.1. The molecule has 1 aromatic rings. The molecule has 5 heteroatoms. The van der Waals surface area contributed by atoms with Gasteiger partial charge in [-0.1, -0.05) is 0 Å². The number of aryl methyl sites for hydroxylation is 1. The molecular weight excluding hydrogens is 227 g/mol. The smallest absolute Gasteiger partial charge is 0.337 e. The van der Waals surface area contributed by atoms with E-state index >= 15 is 0 Å². The van der Waals surface area contributed by atoms with Crippen LogP contribution in [0.3, 0.4) is 0 Å². The van der Waals surface area contributed by atoms with E-state index in [0.717, 1.165) is 11.3 Å². The largest absolute Gasteiger partial charge is 0.469 e. The second-order valence-corrected chi connectivity index (χ2v) is 5.91. The van der Waals surface area contributed by atoms with E-state index in [1.54, 1.807) is 20.1 Å². The Morgan fingerprint density at radius 1 is 1.38 bits per heavy atom. The maximum Gasteiger partial charge on any atom is 0.337 e. The summed E-state index contributed by atoms with van der Waals surface area (Å²) >= 11 is 0. The highest BCUT2D eigenvalue weighted by molar-refractivity contribution is 7.54. The van der Waals surface area contributed by atoms with Gasteiger partial charge in [0.1, 0.15) is 5.76 Å². The van der Waals surface area contributed by atoms with Gasteiger partial charge in [-0.2, -0.15) is 0 Å². The van der Waals surface area contributed by atoms with Gasteiger partial charge in [0.05, 0.1) is 25.1 Å². The lowest BCUT2D eigenvalue weighted by molar-refractivity contribution is 0.213. The minimum absolute atomic E-state index is 0.301. The Balaban J connectivity index is 2.90. The molecule has 0 saturated carbocycles. The standard InChI is InChI=1S/C11H19O4P/c1-5-14-16(12,15-6-2)10(4)11-7-9(3)13-8-11/h7-8,10H,5-6H2,1-4H3. The van der Waals surface area contributed by atoms with Crippen molar-refractivity contribution < 1.29 is 18.0 Å². The van der Waals surface area contributed by atoms with Crippen LogP contribution in [-0.2, 0) is 13.6 Å². The van der Waals surface area contributed by atoms with Gasteiger partial charge in [-0.15, -0.1) is 0 Å². The topological polar surface area (TPSA) is 48.7 Å². The van der Waals surface area contributed by atoms with Crippen LogP contribution in [-0.4, -0.2) is 13.2 Å². The third-order valence-electron chi connectivity index (χ3n) is 2.33. The fourth-order valence-corrected chi connectivity index (χ4v) is 3.23. The molecule has 1 unspecified atom stereocenters. The quantitative estimate of drug-likeness (QED) is 0.714. The first-order valence-electron chi connectivity index (χ1n) is 5.47. The molecule has 0 aliphatic rings. The summed E-state index contributed by atoms with van der Waals surface area (Å²) in [6.45, 7) is 8.04. The Morgan fingerprint density at radius 3 is 2.31 bits per heavy atom. The fourth-order valence-electron chi connectivity index (χ4n) is 1.49. The summed E-state index contributed by atoms with van der Waals surface area (Å²) in [6, 6.07) is 1.86. The van der Waals surface area contributed by atoms with Crippen LogP contribution in [0.1, 0.15) is 37.8 Å². The zero-order valence-electron chi connectivity index (χ0n) is 10.2. The van der Waals surface area contributed by atoms with Crippen molar-refractivity contribution in [3.8, 4) is 0 Å². The molecule has 0 aliphatic heterocycles. The minimum Gasteiger partial charge on any atom is -0.469 e. The summed E-state index contributed by atoms with van der Waals surface area (Å²) in [6.07, 6.45) is 1.60. The van der Waals surface area contributed by atoms with Gasteiger partial charge < -0.3 is 13.5 Å². The second kappa shape index (κ2) is 5.67. The first kappa shape index (κ1) is 13.5. The summed E-state index contributed by atoms with van der Waals surface area (Å²) in [5.41, 5.74) is 0.549. The predicted molar refractivity (Wildman–Crippen MR) is 62.7 cm³/mol. The predicted octanol–water partition coefficient (Wildman–Crippen LogP) is 3.92. The van der Waals surface area contributed by atoms with E-state index in [9.17, 15) is 4.57 Å². The third kappa shape index (κ3) is 2.97. The van der Waals surface area contributed by atoms with Crippen LogP contribution < -0.4 is 0 Å². The molecule has 0 radical (unpaired) electrons. The molecular formula is C11H19O4P.